The number of guanidine groups is 1. The Morgan fingerprint density at radius 1 is 1.10 bits per heavy atom. The summed E-state index contributed by atoms with van der Waals surface area (Å²) in [6.07, 6.45) is 0.0790. The number of hydrogen-bond acceptors (Lipinski definition) is 2. The molecule has 1 aromatic rings. The van der Waals surface area contributed by atoms with Gasteiger partial charge in [-0.1, -0.05) is 31.5 Å². The van der Waals surface area contributed by atoms with Crippen LogP contribution in [0.15, 0.2) is 29.3 Å². The van der Waals surface area contributed by atoms with E-state index in [1.54, 1.807) is 7.05 Å². The van der Waals surface area contributed by atoms with E-state index in [1.165, 1.54) is 5.56 Å². The third kappa shape index (κ3) is 8.80. The van der Waals surface area contributed by atoms with E-state index in [4.69, 9.17) is 4.74 Å². The highest BCUT2D eigenvalue weighted by Crippen LogP contribution is 2.12. The molecule has 21 heavy (non-hydrogen) atoms. The SMILES string of the molecule is CN=C(NCC(C)C)NCC(C)Oc1ccc(C)cc1.I. The van der Waals surface area contributed by atoms with Crippen molar-refractivity contribution in [2.45, 2.75) is 33.8 Å². The molecule has 0 saturated heterocycles. The van der Waals surface area contributed by atoms with Gasteiger partial charge in [-0.25, -0.2) is 0 Å². The molecule has 0 radical (unpaired) electrons. The molecule has 5 heteroatoms. The standard InChI is InChI=1S/C16H27N3O.HI/c1-12(2)10-18-16(17-5)19-11-14(4)20-15-8-6-13(3)7-9-15;/h6-9,12,14H,10-11H2,1-5H3,(H2,17,18,19);1H. The van der Waals surface area contributed by atoms with Gasteiger partial charge in [0.2, 0.25) is 0 Å². The summed E-state index contributed by atoms with van der Waals surface area (Å²) in [7, 11) is 1.78. The number of aryl methyl sites for hydroxylation is 1. The molecular weight excluding hydrogens is 377 g/mol. The Morgan fingerprint density at radius 2 is 1.67 bits per heavy atom. The van der Waals surface area contributed by atoms with Crippen LogP contribution in [-0.2, 0) is 0 Å². The van der Waals surface area contributed by atoms with Crippen LogP contribution in [0.1, 0.15) is 26.3 Å². The molecule has 0 aromatic heterocycles. The third-order valence-electron chi connectivity index (χ3n) is 2.82. The number of ether oxygens (including phenoxy) is 1. The van der Waals surface area contributed by atoms with Crippen LogP contribution in [0, 0.1) is 12.8 Å². The van der Waals surface area contributed by atoms with E-state index in [0.717, 1.165) is 18.3 Å². The van der Waals surface area contributed by atoms with Crippen molar-refractivity contribution in [3.63, 3.8) is 0 Å². The summed E-state index contributed by atoms with van der Waals surface area (Å²) in [6, 6.07) is 8.10. The Morgan fingerprint density at radius 3 is 2.19 bits per heavy atom. The predicted octanol–water partition coefficient (Wildman–Crippen LogP) is 3.20. The lowest BCUT2D eigenvalue weighted by atomic mass is 10.2. The van der Waals surface area contributed by atoms with Crippen molar-refractivity contribution < 1.29 is 4.74 Å². The zero-order valence-corrected chi connectivity index (χ0v) is 16.0. The lowest BCUT2D eigenvalue weighted by Gasteiger charge is -2.18. The van der Waals surface area contributed by atoms with E-state index in [2.05, 4.69) is 48.5 Å². The molecule has 0 bridgehead atoms. The van der Waals surface area contributed by atoms with Gasteiger partial charge in [0.25, 0.3) is 0 Å². The number of nitrogens with zero attached hydrogens (tertiary/aromatic N) is 1. The maximum absolute atomic E-state index is 5.84. The van der Waals surface area contributed by atoms with E-state index in [-0.39, 0.29) is 30.1 Å². The Hall–Kier alpha value is -0.980. The molecule has 1 atom stereocenters. The van der Waals surface area contributed by atoms with E-state index >= 15 is 0 Å². The first-order chi connectivity index (χ1) is 9.51. The molecule has 0 fully saturated rings. The third-order valence-corrected chi connectivity index (χ3v) is 2.82. The van der Waals surface area contributed by atoms with E-state index in [0.29, 0.717) is 12.5 Å². The Balaban J connectivity index is 0.00000400. The van der Waals surface area contributed by atoms with Crippen LogP contribution in [-0.4, -0.2) is 32.2 Å². The molecule has 0 aliphatic heterocycles. The minimum Gasteiger partial charge on any atom is -0.489 e. The van der Waals surface area contributed by atoms with Crippen LogP contribution in [0.3, 0.4) is 0 Å². The summed E-state index contributed by atoms with van der Waals surface area (Å²) in [5.41, 5.74) is 1.24. The van der Waals surface area contributed by atoms with Gasteiger partial charge >= 0.3 is 0 Å². The monoisotopic (exact) mass is 405 g/mol. The molecule has 0 saturated carbocycles. The average Bonchev–Trinajstić information content (AvgIpc) is 2.41. The van der Waals surface area contributed by atoms with Crippen molar-refractivity contribution in [3.05, 3.63) is 29.8 Å². The Kier molecular flexibility index (Phi) is 10.2. The first-order valence-electron chi connectivity index (χ1n) is 7.19. The van der Waals surface area contributed by atoms with Crippen molar-refractivity contribution in [2.75, 3.05) is 20.1 Å². The molecular formula is C16H28IN3O. The van der Waals surface area contributed by atoms with Crippen molar-refractivity contribution in [2.24, 2.45) is 10.9 Å². The number of hydrogen-bond donors (Lipinski definition) is 2. The Labute approximate surface area is 145 Å². The molecule has 0 spiro atoms. The van der Waals surface area contributed by atoms with E-state index in [1.807, 2.05) is 19.1 Å². The van der Waals surface area contributed by atoms with Crippen LogP contribution >= 0.6 is 24.0 Å². The van der Waals surface area contributed by atoms with E-state index < -0.39 is 0 Å². The molecule has 120 valence electrons. The summed E-state index contributed by atoms with van der Waals surface area (Å²) in [5.74, 6) is 2.31. The van der Waals surface area contributed by atoms with Crippen LogP contribution in [0.2, 0.25) is 0 Å². The predicted molar refractivity (Wildman–Crippen MR) is 101 cm³/mol. The topological polar surface area (TPSA) is 45.7 Å². The van der Waals surface area contributed by atoms with Crippen molar-refractivity contribution in [1.29, 1.82) is 0 Å². The highest BCUT2D eigenvalue weighted by Gasteiger charge is 2.06. The molecule has 0 aliphatic rings. The fourth-order valence-electron chi connectivity index (χ4n) is 1.65. The smallest absolute Gasteiger partial charge is 0.191 e. The lowest BCUT2D eigenvalue weighted by Crippen LogP contribution is -2.42. The number of aliphatic imine (C=N–C) groups is 1. The van der Waals surface area contributed by atoms with Gasteiger partial charge in [0, 0.05) is 13.6 Å². The first-order valence-corrected chi connectivity index (χ1v) is 7.19. The largest absolute Gasteiger partial charge is 0.489 e. The number of halogens is 1. The quantitative estimate of drug-likeness (QED) is 0.434. The molecule has 0 amide bonds. The number of nitrogens with one attached hydrogen (secondary N) is 2. The van der Waals surface area contributed by atoms with E-state index in [9.17, 15) is 0 Å². The van der Waals surface area contributed by atoms with Gasteiger partial charge in [0.1, 0.15) is 11.9 Å². The Bertz CT molecular complexity index is 418. The maximum Gasteiger partial charge on any atom is 0.191 e. The van der Waals surface area contributed by atoms with Crippen LogP contribution in [0.4, 0.5) is 0 Å². The average molecular weight is 405 g/mol. The van der Waals surface area contributed by atoms with Gasteiger partial charge in [-0.3, -0.25) is 4.99 Å². The molecule has 1 rings (SSSR count). The summed E-state index contributed by atoms with van der Waals surface area (Å²) >= 11 is 0. The van der Waals surface area contributed by atoms with Gasteiger partial charge in [0.05, 0.1) is 6.54 Å². The number of rotatable bonds is 6. The molecule has 0 aliphatic carbocycles. The fourth-order valence-corrected chi connectivity index (χ4v) is 1.65. The second-order valence-corrected chi connectivity index (χ2v) is 5.47. The summed E-state index contributed by atoms with van der Waals surface area (Å²) in [6.45, 7) is 10.1. The molecule has 2 N–H and O–H groups in total. The second kappa shape index (κ2) is 10.7. The highest BCUT2D eigenvalue weighted by molar-refractivity contribution is 14.0. The minimum atomic E-state index is 0. The summed E-state index contributed by atoms with van der Waals surface area (Å²) < 4.78 is 5.84. The zero-order valence-electron chi connectivity index (χ0n) is 13.6. The second-order valence-electron chi connectivity index (χ2n) is 5.47. The van der Waals surface area contributed by atoms with Crippen molar-refractivity contribution in [1.82, 2.24) is 10.6 Å². The lowest BCUT2D eigenvalue weighted by molar-refractivity contribution is 0.224. The normalized spacial score (nSPS) is 12.6. The van der Waals surface area contributed by atoms with Crippen LogP contribution in [0.5, 0.6) is 5.75 Å². The van der Waals surface area contributed by atoms with Gasteiger partial charge < -0.3 is 15.4 Å². The van der Waals surface area contributed by atoms with Crippen molar-refractivity contribution in [3.8, 4) is 5.75 Å². The maximum atomic E-state index is 5.84. The minimum absolute atomic E-state index is 0. The number of benzene rings is 1. The zero-order chi connectivity index (χ0) is 15.0. The van der Waals surface area contributed by atoms with Gasteiger partial charge in [-0.05, 0) is 31.9 Å². The molecule has 1 aromatic carbocycles. The van der Waals surface area contributed by atoms with Crippen LogP contribution in [0.25, 0.3) is 0 Å². The van der Waals surface area contributed by atoms with Crippen molar-refractivity contribution >= 4 is 29.9 Å². The molecule has 1 unspecified atom stereocenters. The highest BCUT2D eigenvalue weighted by atomic mass is 127. The van der Waals surface area contributed by atoms with Gasteiger partial charge in [0.15, 0.2) is 5.96 Å². The fraction of sp³-hybridized carbons (Fsp3) is 0.562. The van der Waals surface area contributed by atoms with Gasteiger partial charge in [-0.15, -0.1) is 24.0 Å². The van der Waals surface area contributed by atoms with Gasteiger partial charge in [-0.2, -0.15) is 0 Å². The summed E-state index contributed by atoms with van der Waals surface area (Å²) in [5, 5.41) is 6.55. The first kappa shape index (κ1) is 20.0. The molecule has 4 nitrogen and oxygen atoms in total. The van der Waals surface area contributed by atoms with Crippen LogP contribution < -0.4 is 15.4 Å². The summed E-state index contributed by atoms with van der Waals surface area (Å²) in [4.78, 5) is 4.19. The molecule has 0 heterocycles.